The number of nitrogens with zero attached hydrogens (tertiary/aromatic N) is 3. The zero-order valence-electron chi connectivity index (χ0n) is 9.90. The Morgan fingerprint density at radius 1 is 1.24 bits per heavy atom. The van der Waals surface area contributed by atoms with E-state index in [4.69, 9.17) is 11.6 Å². The third-order valence-corrected chi connectivity index (χ3v) is 4.15. The third kappa shape index (κ3) is 3.35. The average Bonchev–Trinajstić information content (AvgIpc) is 2.76. The molecular weight excluding hydrogens is 258 g/mol. The van der Waals surface area contributed by atoms with Crippen molar-refractivity contribution in [3.05, 3.63) is 5.28 Å². The van der Waals surface area contributed by atoms with Crippen LogP contribution in [0.2, 0.25) is 5.28 Å². The van der Waals surface area contributed by atoms with Crippen molar-refractivity contribution in [1.82, 2.24) is 15.0 Å². The molecule has 0 aromatic carbocycles. The van der Waals surface area contributed by atoms with Gasteiger partial charge in [-0.2, -0.15) is 26.7 Å². The molecule has 0 radical (unpaired) electrons. The molecule has 5 nitrogen and oxygen atoms in total. The zero-order valence-corrected chi connectivity index (χ0v) is 11.5. The van der Waals surface area contributed by atoms with Gasteiger partial charge < -0.3 is 10.6 Å². The molecule has 2 rings (SSSR count). The lowest BCUT2D eigenvalue weighted by Gasteiger charge is -2.13. The Balaban J connectivity index is 2.01. The summed E-state index contributed by atoms with van der Waals surface area (Å²) in [6, 6.07) is 0.440. The molecule has 0 spiro atoms. The maximum atomic E-state index is 5.82. The van der Waals surface area contributed by atoms with Gasteiger partial charge in [0.15, 0.2) is 0 Å². The quantitative estimate of drug-likeness (QED) is 0.877. The molecule has 1 aromatic rings. The monoisotopic (exact) mass is 273 g/mol. The molecule has 1 aliphatic rings. The maximum Gasteiger partial charge on any atom is 0.229 e. The van der Waals surface area contributed by atoms with Crippen molar-refractivity contribution in [1.29, 1.82) is 0 Å². The van der Waals surface area contributed by atoms with Crippen molar-refractivity contribution in [3.63, 3.8) is 0 Å². The first-order valence-corrected chi connectivity index (χ1v) is 7.26. The van der Waals surface area contributed by atoms with Crippen LogP contribution in [0.5, 0.6) is 0 Å². The fourth-order valence-corrected chi connectivity index (χ4v) is 2.95. The number of aromatic nitrogens is 3. The lowest BCUT2D eigenvalue weighted by atomic mass is 10.2. The van der Waals surface area contributed by atoms with Crippen LogP contribution in [0, 0.1) is 0 Å². The van der Waals surface area contributed by atoms with Crippen LogP contribution in [0.4, 0.5) is 11.9 Å². The molecule has 1 saturated carbocycles. The lowest BCUT2D eigenvalue weighted by Crippen LogP contribution is -2.18. The molecule has 0 saturated heterocycles. The Hall–Kier alpha value is -0.750. The Kier molecular flexibility index (Phi) is 4.28. The van der Waals surface area contributed by atoms with Crippen molar-refractivity contribution < 1.29 is 0 Å². The first-order valence-electron chi connectivity index (χ1n) is 5.60. The first-order chi connectivity index (χ1) is 8.21. The minimum atomic E-state index is 0.214. The van der Waals surface area contributed by atoms with E-state index in [1.165, 1.54) is 6.42 Å². The molecule has 17 heavy (non-hydrogen) atoms. The second-order valence-corrected chi connectivity index (χ2v) is 5.49. The number of halogens is 1. The van der Waals surface area contributed by atoms with Crippen LogP contribution in [0.3, 0.4) is 0 Å². The summed E-state index contributed by atoms with van der Waals surface area (Å²) in [5, 5.41) is 7.14. The van der Waals surface area contributed by atoms with Crippen molar-refractivity contribution in [2.45, 2.75) is 30.6 Å². The molecule has 1 aliphatic carbocycles. The molecule has 94 valence electrons. The van der Waals surface area contributed by atoms with Gasteiger partial charge >= 0.3 is 0 Å². The third-order valence-electron chi connectivity index (χ3n) is 2.88. The Bertz CT molecular complexity index is 389. The van der Waals surface area contributed by atoms with Gasteiger partial charge in [0.1, 0.15) is 0 Å². The van der Waals surface area contributed by atoms with Crippen LogP contribution >= 0.6 is 23.4 Å². The van der Waals surface area contributed by atoms with Gasteiger partial charge in [-0.25, -0.2) is 0 Å². The molecule has 1 heterocycles. The second kappa shape index (κ2) is 5.73. The first kappa shape index (κ1) is 12.7. The summed E-state index contributed by atoms with van der Waals surface area (Å²) >= 11 is 7.75. The minimum absolute atomic E-state index is 0.214. The highest BCUT2D eigenvalue weighted by Crippen LogP contribution is 2.29. The molecule has 2 unspecified atom stereocenters. The van der Waals surface area contributed by atoms with E-state index < -0.39 is 0 Å². The molecule has 0 aliphatic heterocycles. The SMILES string of the molecule is CNc1nc(Cl)nc(NC2CCC(SC)C2)n1. The van der Waals surface area contributed by atoms with Gasteiger partial charge in [-0.3, -0.25) is 0 Å². The van der Waals surface area contributed by atoms with E-state index in [1.54, 1.807) is 7.05 Å². The molecule has 1 aromatic heterocycles. The molecule has 0 amide bonds. The fourth-order valence-electron chi connectivity index (χ4n) is 1.99. The standard InChI is InChI=1S/C10H16ClN5S/c1-12-9-14-8(11)15-10(16-9)13-6-3-4-7(5-6)17-2/h6-7H,3-5H2,1-2H3,(H2,12,13,14,15,16). The number of rotatable bonds is 4. The summed E-state index contributed by atoms with van der Waals surface area (Å²) in [4.78, 5) is 12.3. The Morgan fingerprint density at radius 2 is 2.00 bits per heavy atom. The van der Waals surface area contributed by atoms with Gasteiger partial charge in [0.2, 0.25) is 17.2 Å². The van der Waals surface area contributed by atoms with Gasteiger partial charge in [-0.1, -0.05) is 0 Å². The lowest BCUT2D eigenvalue weighted by molar-refractivity contribution is 0.744. The van der Waals surface area contributed by atoms with Crippen LogP contribution in [-0.2, 0) is 0 Å². The van der Waals surface area contributed by atoms with Gasteiger partial charge in [0.05, 0.1) is 0 Å². The van der Waals surface area contributed by atoms with Crippen molar-refractivity contribution in [3.8, 4) is 0 Å². The largest absolute Gasteiger partial charge is 0.357 e. The molecule has 2 N–H and O–H groups in total. The van der Waals surface area contributed by atoms with E-state index >= 15 is 0 Å². The predicted molar refractivity (Wildman–Crippen MR) is 72.9 cm³/mol. The summed E-state index contributed by atoms with van der Waals surface area (Å²) in [6.45, 7) is 0. The normalized spacial score (nSPS) is 23.7. The van der Waals surface area contributed by atoms with Crippen LogP contribution in [-0.4, -0.2) is 39.5 Å². The summed E-state index contributed by atoms with van der Waals surface area (Å²) in [5.41, 5.74) is 0. The summed E-state index contributed by atoms with van der Waals surface area (Å²) in [5.74, 6) is 1.05. The smallest absolute Gasteiger partial charge is 0.229 e. The zero-order chi connectivity index (χ0) is 12.3. The number of hydrogen-bond acceptors (Lipinski definition) is 6. The van der Waals surface area contributed by atoms with E-state index in [0.717, 1.165) is 18.1 Å². The van der Waals surface area contributed by atoms with E-state index in [-0.39, 0.29) is 5.28 Å². The van der Waals surface area contributed by atoms with Gasteiger partial charge in [0.25, 0.3) is 0 Å². The number of hydrogen-bond donors (Lipinski definition) is 2. The summed E-state index contributed by atoms with van der Waals surface area (Å²) in [6.07, 6.45) is 5.71. The summed E-state index contributed by atoms with van der Waals surface area (Å²) < 4.78 is 0. The van der Waals surface area contributed by atoms with Crippen LogP contribution in [0.15, 0.2) is 0 Å². The minimum Gasteiger partial charge on any atom is -0.357 e. The van der Waals surface area contributed by atoms with Crippen LogP contribution in [0.25, 0.3) is 0 Å². The number of nitrogens with one attached hydrogen (secondary N) is 2. The topological polar surface area (TPSA) is 62.7 Å². The number of thioether (sulfide) groups is 1. The van der Waals surface area contributed by atoms with Crippen LogP contribution in [0.1, 0.15) is 19.3 Å². The maximum absolute atomic E-state index is 5.82. The molecular formula is C10H16ClN5S. The molecule has 7 heteroatoms. The van der Waals surface area contributed by atoms with Gasteiger partial charge in [-0.05, 0) is 37.1 Å². The molecule has 0 bridgehead atoms. The van der Waals surface area contributed by atoms with Crippen molar-refractivity contribution >= 4 is 35.3 Å². The predicted octanol–water partition coefficient (Wildman–Crippen LogP) is 2.26. The second-order valence-electron chi connectivity index (χ2n) is 4.01. The van der Waals surface area contributed by atoms with Gasteiger partial charge in [0, 0.05) is 18.3 Å². The Morgan fingerprint density at radius 3 is 2.65 bits per heavy atom. The highest BCUT2D eigenvalue weighted by Gasteiger charge is 2.24. The van der Waals surface area contributed by atoms with Crippen molar-refractivity contribution in [2.75, 3.05) is 23.9 Å². The molecule has 1 fully saturated rings. The Labute approximate surface area is 110 Å². The van der Waals surface area contributed by atoms with Crippen molar-refractivity contribution in [2.24, 2.45) is 0 Å². The fraction of sp³-hybridized carbons (Fsp3) is 0.700. The van der Waals surface area contributed by atoms with Crippen LogP contribution < -0.4 is 10.6 Å². The van der Waals surface area contributed by atoms with E-state index in [2.05, 4.69) is 31.8 Å². The van der Waals surface area contributed by atoms with E-state index in [1.807, 2.05) is 11.8 Å². The average molecular weight is 274 g/mol. The molecule has 2 atom stereocenters. The van der Waals surface area contributed by atoms with E-state index in [9.17, 15) is 0 Å². The van der Waals surface area contributed by atoms with Gasteiger partial charge in [-0.15, -0.1) is 0 Å². The highest BCUT2D eigenvalue weighted by molar-refractivity contribution is 7.99. The highest BCUT2D eigenvalue weighted by atomic mass is 35.5. The summed E-state index contributed by atoms with van der Waals surface area (Å²) in [7, 11) is 1.76. The number of anilines is 2. The van der Waals surface area contributed by atoms with E-state index in [0.29, 0.717) is 17.9 Å².